The number of aliphatic imine (C=N–C) groups is 1. The molecular weight excluding hydrogens is 338 g/mol. The van der Waals surface area contributed by atoms with Crippen molar-refractivity contribution in [1.82, 2.24) is 4.90 Å². The van der Waals surface area contributed by atoms with Gasteiger partial charge in [-0.2, -0.15) is 0 Å². The second kappa shape index (κ2) is 7.33. The molecule has 1 saturated heterocycles. The molecule has 1 heterocycles. The average molecular weight is 365 g/mol. The smallest absolute Gasteiger partial charge is 0.272 e. The topological polar surface area (TPSA) is 68.0 Å². The van der Waals surface area contributed by atoms with Crippen LogP contribution in [0.5, 0.6) is 0 Å². The van der Waals surface area contributed by atoms with Gasteiger partial charge >= 0.3 is 0 Å². The number of nitro groups is 1. The molecule has 138 valence electrons. The van der Waals surface area contributed by atoms with Crippen molar-refractivity contribution in [2.75, 3.05) is 12.8 Å². The monoisotopic (exact) mass is 365 g/mol. The second-order valence-corrected chi connectivity index (χ2v) is 8.42. The van der Waals surface area contributed by atoms with Crippen molar-refractivity contribution in [2.24, 2.45) is 4.99 Å². The van der Waals surface area contributed by atoms with Gasteiger partial charge in [-0.3, -0.25) is 10.1 Å². The third-order valence-corrected chi connectivity index (χ3v) is 5.55. The number of amidine groups is 1. The number of nitrogens with zero attached hydrogens (tertiary/aromatic N) is 3. The first-order chi connectivity index (χ1) is 11.5. The van der Waals surface area contributed by atoms with Crippen LogP contribution in [0, 0.1) is 24.0 Å². The maximum Gasteiger partial charge on any atom is 0.272 e. The Bertz CT molecular complexity index is 698. The maximum absolute atomic E-state index is 11.1. The Morgan fingerprint density at radius 2 is 2.00 bits per heavy atom. The van der Waals surface area contributed by atoms with Gasteiger partial charge in [-0.1, -0.05) is 11.8 Å². The van der Waals surface area contributed by atoms with Gasteiger partial charge in [0.1, 0.15) is 0 Å². The molecule has 1 aromatic carbocycles. The van der Waals surface area contributed by atoms with Crippen molar-refractivity contribution in [1.29, 1.82) is 0 Å². The lowest BCUT2D eigenvalue weighted by Gasteiger charge is -2.32. The van der Waals surface area contributed by atoms with E-state index in [1.165, 1.54) is 6.07 Å². The molecule has 0 spiro atoms. The van der Waals surface area contributed by atoms with Crippen LogP contribution in [0.4, 0.5) is 11.4 Å². The Labute approximate surface area is 153 Å². The summed E-state index contributed by atoms with van der Waals surface area (Å²) in [5.74, 6) is 0.914. The molecule has 2 atom stereocenters. The average Bonchev–Trinajstić information content (AvgIpc) is 2.83. The Hall–Kier alpha value is -1.60. The molecule has 1 unspecified atom stereocenters. The number of likely N-dealkylation sites (N-methyl/N-ethyl adjacent to an activating group) is 1. The van der Waals surface area contributed by atoms with E-state index in [1.54, 1.807) is 24.8 Å². The molecule has 0 radical (unpaired) electrons. The first-order valence-electron chi connectivity index (χ1n) is 8.38. The van der Waals surface area contributed by atoms with Crippen molar-refractivity contribution in [2.45, 2.75) is 59.3 Å². The lowest BCUT2D eigenvalue weighted by atomic mass is 10.1. The van der Waals surface area contributed by atoms with Crippen LogP contribution in [0.3, 0.4) is 0 Å². The van der Waals surface area contributed by atoms with Crippen molar-refractivity contribution < 1.29 is 9.66 Å². The number of rotatable bonds is 4. The summed E-state index contributed by atoms with van der Waals surface area (Å²) in [6, 6.07) is 3.51. The van der Waals surface area contributed by atoms with Gasteiger partial charge in [-0.15, -0.1) is 0 Å². The zero-order chi connectivity index (χ0) is 18.9. The molecule has 0 bridgehead atoms. The van der Waals surface area contributed by atoms with Crippen molar-refractivity contribution >= 4 is 28.3 Å². The minimum atomic E-state index is -0.350. The summed E-state index contributed by atoms with van der Waals surface area (Å²) in [5, 5.41) is 12.0. The summed E-state index contributed by atoms with van der Waals surface area (Å²) in [5.41, 5.74) is 2.25. The second-order valence-electron chi connectivity index (χ2n) is 7.43. The fourth-order valence-electron chi connectivity index (χ4n) is 2.93. The molecule has 0 amide bonds. The number of hydrogen-bond donors (Lipinski definition) is 0. The highest BCUT2D eigenvalue weighted by molar-refractivity contribution is 8.14. The highest BCUT2D eigenvalue weighted by atomic mass is 32.2. The summed E-state index contributed by atoms with van der Waals surface area (Å²) in [7, 11) is 2.03. The zero-order valence-corrected chi connectivity index (χ0v) is 16.8. The van der Waals surface area contributed by atoms with E-state index in [0.717, 1.165) is 22.2 Å². The summed E-state index contributed by atoms with van der Waals surface area (Å²) in [6.07, 6.45) is 0.0879. The highest BCUT2D eigenvalue weighted by Crippen LogP contribution is 2.33. The number of benzene rings is 1. The van der Waals surface area contributed by atoms with Crippen LogP contribution in [0.15, 0.2) is 17.1 Å². The molecule has 2 rings (SSSR count). The van der Waals surface area contributed by atoms with Crippen LogP contribution in [0.1, 0.15) is 38.8 Å². The molecule has 6 nitrogen and oxygen atoms in total. The molecular formula is C18H27N3O3S. The van der Waals surface area contributed by atoms with Crippen LogP contribution >= 0.6 is 11.8 Å². The predicted octanol–water partition coefficient (Wildman–Crippen LogP) is 4.45. The fourth-order valence-corrected chi connectivity index (χ4v) is 4.24. The minimum absolute atomic E-state index is 0.0879. The van der Waals surface area contributed by atoms with E-state index in [9.17, 15) is 10.1 Å². The highest BCUT2D eigenvalue weighted by Gasteiger charge is 2.34. The summed E-state index contributed by atoms with van der Waals surface area (Å²) >= 11 is 1.69. The van der Waals surface area contributed by atoms with E-state index in [-0.39, 0.29) is 28.4 Å². The lowest BCUT2D eigenvalue weighted by Crippen LogP contribution is -2.42. The van der Waals surface area contributed by atoms with Crippen LogP contribution in [0.2, 0.25) is 0 Å². The summed E-state index contributed by atoms with van der Waals surface area (Å²) in [6.45, 7) is 11.9. The normalized spacial score (nSPS) is 21.0. The third-order valence-electron chi connectivity index (χ3n) is 4.41. The van der Waals surface area contributed by atoms with Gasteiger partial charge in [0.05, 0.1) is 28.4 Å². The van der Waals surface area contributed by atoms with Gasteiger partial charge in [0.2, 0.25) is 0 Å². The predicted molar refractivity (Wildman–Crippen MR) is 104 cm³/mol. The van der Waals surface area contributed by atoms with Crippen LogP contribution in [-0.4, -0.2) is 45.5 Å². The van der Waals surface area contributed by atoms with Crippen LogP contribution in [-0.2, 0) is 4.74 Å². The standard InChI is InChI=1S/C18H27N3O3S/c1-11-12(2)15(21(22)23)9-8-14(11)19-17-20(7)16(10-25-17)13(3)24-18(4,5)6/h8-9,13,16H,10H2,1-7H3/t13?,16-/m1/s1. The van der Waals surface area contributed by atoms with Gasteiger partial charge in [0.15, 0.2) is 5.17 Å². The molecule has 0 N–H and O–H groups in total. The van der Waals surface area contributed by atoms with E-state index in [0.29, 0.717) is 5.56 Å². The largest absolute Gasteiger partial charge is 0.371 e. The fraction of sp³-hybridized carbons (Fsp3) is 0.611. The molecule has 0 saturated carbocycles. The molecule has 25 heavy (non-hydrogen) atoms. The molecule has 1 aliphatic rings. The lowest BCUT2D eigenvalue weighted by molar-refractivity contribution is -0.385. The van der Waals surface area contributed by atoms with E-state index >= 15 is 0 Å². The van der Waals surface area contributed by atoms with E-state index < -0.39 is 0 Å². The molecule has 1 aromatic rings. The van der Waals surface area contributed by atoms with Crippen molar-refractivity contribution in [3.05, 3.63) is 33.4 Å². The van der Waals surface area contributed by atoms with Crippen molar-refractivity contribution in [3.8, 4) is 0 Å². The quantitative estimate of drug-likeness (QED) is 0.582. The number of thioether (sulfide) groups is 1. The Kier molecular flexibility index (Phi) is 5.79. The van der Waals surface area contributed by atoms with Crippen LogP contribution in [0.25, 0.3) is 0 Å². The van der Waals surface area contributed by atoms with Gasteiger partial charge in [0, 0.05) is 24.4 Å². The minimum Gasteiger partial charge on any atom is -0.371 e. The first-order valence-corrected chi connectivity index (χ1v) is 9.36. The van der Waals surface area contributed by atoms with Crippen molar-refractivity contribution in [3.63, 3.8) is 0 Å². The Morgan fingerprint density at radius 3 is 2.56 bits per heavy atom. The van der Waals surface area contributed by atoms with Gasteiger partial charge in [-0.25, -0.2) is 4.99 Å². The molecule has 0 aromatic heterocycles. The first kappa shape index (κ1) is 19.7. The molecule has 1 fully saturated rings. The SMILES string of the molecule is Cc1c(N=C2SC[C@H](C(C)OC(C)(C)C)N2C)ccc([N+](=O)[O-])c1C. The van der Waals surface area contributed by atoms with Gasteiger partial charge in [-0.05, 0) is 53.2 Å². The Balaban J connectivity index is 2.23. The number of nitro benzene ring substituents is 1. The van der Waals surface area contributed by atoms with E-state index in [2.05, 4.69) is 32.6 Å². The third kappa shape index (κ3) is 4.52. The van der Waals surface area contributed by atoms with E-state index in [4.69, 9.17) is 9.73 Å². The number of ether oxygens (including phenoxy) is 1. The molecule has 1 aliphatic heterocycles. The van der Waals surface area contributed by atoms with E-state index in [1.807, 2.05) is 14.0 Å². The molecule has 7 heteroatoms. The summed E-state index contributed by atoms with van der Waals surface area (Å²) < 4.78 is 6.09. The van der Waals surface area contributed by atoms with Crippen LogP contribution < -0.4 is 0 Å². The van der Waals surface area contributed by atoms with Gasteiger partial charge in [0.25, 0.3) is 5.69 Å². The Morgan fingerprint density at radius 1 is 1.36 bits per heavy atom. The van der Waals surface area contributed by atoms with Gasteiger partial charge < -0.3 is 9.64 Å². The number of hydrogen-bond acceptors (Lipinski definition) is 5. The molecule has 0 aliphatic carbocycles. The maximum atomic E-state index is 11.1. The summed E-state index contributed by atoms with van der Waals surface area (Å²) in [4.78, 5) is 17.6. The zero-order valence-electron chi connectivity index (χ0n) is 16.0.